The van der Waals surface area contributed by atoms with Crippen LogP contribution in [0.2, 0.25) is 0 Å². The van der Waals surface area contributed by atoms with Crippen LogP contribution in [0.4, 0.5) is 0 Å². The lowest BCUT2D eigenvalue weighted by Gasteiger charge is -1.97. The zero-order chi connectivity index (χ0) is 8.39. The van der Waals surface area contributed by atoms with Crippen LogP contribution in [-0.2, 0) is 6.42 Å². The molecule has 3 nitrogen and oxygen atoms in total. The van der Waals surface area contributed by atoms with Crippen molar-refractivity contribution in [2.24, 2.45) is 0 Å². The Morgan fingerprint density at radius 3 is 3.17 bits per heavy atom. The zero-order valence-electron chi connectivity index (χ0n) is 7.07. The summed E-state index contributed by atoms with van der Waals surface area (Å²) in [5, 5.41) is 4.38. The minimum Gasteiger partial charge on any atom is -0.243 e. The van der Waals surface area contributed by atoms with Gasteiger partial charge >= 0.3 is 0 Å². The van der Waals surface area contributed by atoms with Gasteiger partial charge in [0.15, 0.2) is 0 Å². The van der Waals surface area contributed by atoms with Gasteiger partial charge in [0.05, 0.1) is 17.4 Å². The molecule has 0 radical (unpaired) electrons. The molecular formula is C9H11N3. The monoisotopic (exact) mass is 161 g/mol. The Bertz CT molecular complexity index is 378. The maximum atomic E-state index is 4.38. The molecule has 62 valence electrons. The molecule has 0 N–H and O–H groups in total. The molecule has 0 unspecified atom stereocenters. The summed E-state index contributed by atoms with van der Waals surface area (Å²) in [7, 11) is 0. The minimum absolute atomic E-state index is 1.04. The van der Waals surface area contributed by atoms with E-state index in [1.165, 1.54) is 0 Å². The summed E-state index contributed by atoms with van der Waals surface area (Å²) in [5.41, 5.74) is 2.18. The van der Waals surface area contributed by atoms with Gasteiger partial charge in [0, 0.05) is 0 Å². The van der Waals surface area contributed by atoms with E-state index in [1.807, 2.05) is 16.8 Å². The van der Waals surface area contributed by atoms with Crippen LogP contribution in [0.3, 0.4) is 0 Å². The average Bonchev–Trinajstić information content (AvgIpc) is 2.51. The molecule has 0 aliphatic rings. The molecule has 2 aromatic heterocycles. The highest BCUT2D eigenvalue weighted by Gasteiger charge is 1.95. The second-order valence-electron chi connectivity index (χ2n) is 2.84. The summed E-state index contributed by atoms with van der Waals surface area (Å²) >= 11 is 0. The van der Waals surface area contributed by atoms with Crippen LogP contribution in [0.25, 0.3) is 5.52 Å². The van der Waals surface area contributed by atoms with Crippen LogP contribution in [0.1, 0.15) is 19.0 Å². The Hall–Kier alpha value is -1.38. The lowest BCUT2D eigenvalue weighted by Crippen LogP contribution is -1.95. The largest absolute Gasteiger partial charge is 0.243 e. The van der Waals surface area contributed by atoms with Crippen LogP contribution >= 0.6 is 0 Å². The number of aryl methyl sites for hydroxylation is 1. The Labute approximate surface area is 71.1 Å². The Morgan fingerprint density at radius 1 is 1.42 bits per heavy atom. The number of nitrogens with zero attached hydrogens (tertiary/aromatic N) is 3. The van der Waals surface area contributed by atoms with Crippen LogP contribution in [-0.4, -0.2) is 14.6 Å². The van der Waals surface area contributed by atoms with Gasteiger partial charge < -0.3 is 0 Å². The van der Waals surface area contributed by atoms with E-state index in [9.17, 15) is 0 Å². The standard InChI is InChI=1S/C9H11N3/c1-2-3-8-4-5-9-6-10-7-12(9)11-8/h4-7H,2-3H2,1H3. The van der Waals surface area contributed by atoms with Crippen molar-refractivity contribution < 1.29 is 0 Å². The lowest BCUT2D eigenvalue weighted by molar-refractivity contribution is 0.807. The van der Waals surface area contributed by atoms with Crippen molar-refractivity contribution >= 4 is 5.52 Å². The van der Waals surface area contributed by atoms with Gasteiger partial charge in [-0.15, -0.1) is 0 Å². The fourth-order valence-corrected chi connectivity index (χ4v) is 1.24. The molecule has 0 spiro atoms. The van der Waals surface area contributed by atoms with Gasteiger partial charge in [-0.25, -0.2) is 9.50 Å². The van der Waals surface area contributed by atoms with E-state index in [-0.39, 0.29) is 0 Å². The van der Waals surface area contributed by atoms with E-state index in [1.54, 1.807) is 6.33 Å². The highest BCUT2D eigenvalue weighted by Crippen LogP contribution is 2.03. The van der Waals surface area contributed by atoms with E-state index < -0.39 is 0 Å². The Kier molecular flexibility index (Phi) is 1.78. The highest BCUT2D eigenvalue weighted by molar-refractivity contribution is 5.42. The molecule has 2 heterocycles. The first-order chi connectivity index (χ1) is 5.90. The third-order valence-electron chi connectivity index (χ3n) is 1.84. The molecule has 0 atom stereocenters. The van der Waals surface area contributed by atoms with Crippen LogP contribution in [0, 0.1) is 0 Å². The zero-order valence-corrected chi connectivity index (χ0v) is 7.07. The van der Waals surface area contributed by atoms with E-state index in [2.05, 4.69) is 23.1 Å². The molecule has 2 aromatic rings. The number of aromatic nitrogens is 3. The first-order valence-electron chi connectivity index (χ1n) is 4.18. The third-order valence-corrected chi connectivity index (χ3v) is 1.84. The SMILES string of the molecule is CCCc1ccc2cncn2n1. The Balaban J connectivity index is 2.46. The molecule has 0 aromatic carbocycles. The third kappa shape index (κ3) is 1.18. The van der Waals surface area contributed by atoms with Gasteiger partial charge in [-0.2, -0.15) is 5.10 Å². The number of fused-ring (bicyclic) bond motifs is 1. The molecule has 0 saturated heterocycles. The van der Waals surface area contributed by atoms with E-state index >= 15 is 0 Å². The fourth-order valence-electron chi connectivity index (χ4n) is 1.24. The maximum Gasteiger partial charge on any atom is 0.117 e. The molecule has 0 fully saturated rings. The average molecular weight is 161 g/mol. The molecular weight excluding hydrogens is 150 g/mol. The quantitative estimate of drug-likeness (QED) is 0.670. The normalized spacial score (nSPS) is 10.8. The molecule has 0 amide bonds. The van der Waals surface area contributed by atoms with Crippen molar-refractivity contribution in [3.8, 4) is 0 Å². The summed E-state index contributed by atoms with van der Waals surface area (Å²) < 4.78 is 1.81. The van der Waals surface area contributed by atoms with Crippen molar-refractivity contribution in [2.45, 2.75) is 19.8 Å². The molecule has 3 heteroatoms. The predicted octanol–water partition coefficient (Wildman–Crippen LogP) is 1.68. The fraction of sp³-hybridized carbons (Fsp3) is 0.333. The van der Waals surface area contributed by atoms with Gasteiger partial charge in [0.1, 0.15) is 6.33 Å². The number of rotatable bonds is 2. The number of hydrogen-bond donors (Lipinski definition) is 0. The minimum atomic E-state index is 1.04. The van der Waals surface area contributed by atoms with E-state index in [0.717, 1.165) is 24.1 Å². The first-order valence-corrected chi connectivity index (χ1v) is 4.18. The smallest absolute Gasteiger partial charge is 0.117 e. The number of imidazole rings is 1. The van der Waals surface area contributed by atoms with Gasteiger partial charge in [-0.3, -0.25) is 0 Å². The molecule has 0 aliphatic carbocycles. The second kappa shape index (κ2) is 2.93. The predicted molar refractivity (Wildman–Crippen MR) is 47.0 cm³/mol. The molecule has 0 saturated carbocycles. The topological polar surface area (TPSA) is 30.2 Å². The van der Waals surface area contributed by atoms with Gasteiger partial charge in [0.2, 0.25) is 0 Å². The second-order valence-corrected chi connectivity index (χ2v) is 2.84. The molecule has 12 heavy (non-hydrogen) atoms. The Morgan fingerprint density at radius 2 is 2.33 bits per heavy atom. The summed E-state index contributed by atoms with van der Waals surface area (Å²) in [6.07, 6.45) is 5.71. The maximum absolute atomic E-state index is 4.38. The van der Waals surface area contributed by atoms with Crippen LogP contribution in [0.15, 0.2) is 24.7 Å². The van der Waals surface area contributed by atoms with Gasteiger partial charge in [-0.1, -0.05) is 13.3 Å². The summed E-state index contributed by atoms with van der Waals surface area (Å²) in [4.78, 5) is 4.00. The van der Waals surface area contributed by atoms with Gasteiger partial charge in [0.25, 0.3) is 0 Å². The summed E-state index contributed by atoms with van der Waals surface area (Å²) in [6.45, 7) is 2.15. The number of hydrogen-bond acceptors (Lipinski definition) is 2. The molecule has 0 aliphatic heterocycles. The van der Waals surface area contributed by atoms with Crippen LogP contribution < -0.4 is 0 Å². The van der Waals surface area contributed by atoms with Crippen molar-refractivity contribution in [3.05, 3.63) is 30.4 Å². The van der Waals surface area contributed by atoms with Crippen molar-refractivity contribution in [3.63, 3.8) is 0 Å². The van der Waals surface area contributed by atoms with E-state index in [0.29, 0.717) is 0 Å². The van der Waals surface area contributed by atoms with E-state index in [4.69, 9.17) is 0 Å². The van der Waals surface area contributed by atoms with Crippen molar-refractivity contribution in [1.29, 1.82) is 0 Å². The van der Waals surface area contributed by atoms with Crippen LogP contribution in [0.5, 0.6) is 0 Å². The lowest BCUT2D eigenvalue weighted by atomic mass is 10.2. The summed E-state index contributed by atoms with van der Waals surface area (Å²) in [6, 6.07) is 4.10. The molecule has 0 bridgehead atoms. The molecule has 2 rings (SSSR count). The van der Waals surface area contributed by atoms with Crippen molar-refractivity contribution in [1.82, 2.24) is 14.6 Å². The first kappa shape index (κ1) is 7.28. The highest BCUT2D eigenvalue weighted by atomic mass is 15.2. The van der Waals surface area contributed by atoms with Gasteiger partial charge in [-0.05, 0) is 18.6 Å². The van der Waals surface area contributed by atoms with Crippen molar-refractivity contribution in [2.75, 3.05) is 0 Å². The summed E-state index contributed by atoms with van der Waals surface area (Å²) in [5.74, 6) is 0.